The van der Waals surface area contributed by atoms with Crippen molar-refractivity contribution in [3.05, 3.63) is 56.8 Å². The van der Waals surface area contributed by atoms with Crippen molar-refractivity contribution in [2.45, 2.75) is 6.92 Å². The zero-order valence-electron chi connectivity index (χ0n) is 12.5. The summed E-state index contributed by atoms with van der Waals surface area (Å²) in [5.74, 6) is 0.906. The van der Waals surface area contributed by atoms with E-state index >= 15 is 0 Å². The van der Waals surface area contributed by atoms with Crippen LogP contribution in [0.25, 0.3) is 6.08 Å². The van der Waals surface area contributed by atoms with Crippen LogP contribution in [0.5, 0.6) is 0 Å². The molecule has 0 bridgehead atoms. The van der Waals surface area contributed by atoms with Gasteiger partial charge in [0.05, 0.1) is 21.6 Å². The smallest absolute Gasteiger partial charge is 0.295 e. The summed E-state index contributed by atoms with van der Waals surface area (Å²) < 4.78 is 5.40. The molecule has 1 saturated heterocycles. The molecular formula is C16H12Cl2N2O3S. The maximum atomic E-state index is 12.4. The number of benzene rings is 1. The van der Waals surface area contributed by atoms with Gasteiger partial charge in [-0.05, 0) is 49.0 Å². The molecule has 24 heavy (non-hydrogen) atoms. The third-order valence-corrected chi connectivity index (χ3v) is 4.92. The second-order valence-electron chi connectivity index (χ2n) is 5.02. The first kappa shape index (κ1) is 17.0. The molecule has 1 aliphatic rings. The van der Waals surface area contributed by atoms with Crippen LogP contribution in [-0.2, 0) is 4.79 Å². The van der Waals surface area contributed by atoms with E-state index in [9.17, 15) is 9.59 Å². The standard InChI is InChI=1S/C16H12Cl2N2O3S/c1-9-2-4-11(23-9)7-14-15(21)20(16(22)24-14)8-19-10-3-5-12(17)13(18)6-10/h2-7,19H,8H2,1H3/b14-7+. The monoisotopic (exact) mass is 382 g/mol. The van der Waals surface area contributed by atoms with Crippen molar-refractivity contribution in [2.24, 2.45) is 0 Å². The average Bonchev–Trinajstić information content (AvgIpc) is 3.05. The summed E-state index contributed by atoms with van der Waals surface area (Å²) in [6.07, 6.45) is 1.57. The number of thioether (sulfide) groups is 1. The van der Waals surface area contributed by atoms with Gasteiger partial charge in [-0.1, -0.05) is 23.2 Å². The lowest BCUT2D eigenvalue weighted by Crippen LogP contribution is -2.33. The average molecular weight is 383 g/mol. The van der Waals surface area contributed by atoms with E-state index in [1.165, 1.54) is 0 Å². The molecular weight excluding hydrogens is 371 g/mol. The van der Waals surface area contributed by atoms with Gasteiger partial charge in [-0.3, -0.25) is 14.5 Å². The molecule has 1 aliphatic heterocycles. The summed E-state index contributed by atoms with van der Waals surface area (Å²) in [5, 5.41) is 3.46. The summed E-state index contributed by atoms with van der Waals surface area (Å²) in [4.78, 5) is 25.8. The van der Waals surface area contributed by atoms with E-state index in [0.29, 0.717) is 26.4 Å². The number of nitrogens with one attached hydrogen (secondary N) is 1. The van der Waals surface area contributed by atoms with E-state index in [2.05, 4.69) is 5.32 Å². The predicted octanol–water partition coefficient (Wildman–Crippen LogP) is 5.00. The quantitative estimate of drug-likeness (QED) is 0.753. The Labute approximate surface area is 152 Å². The Balaban J connectivity index is 1.70. The van der Waals surface area contributed by atoms with Gasteiger partial charge in [-0.2, -0.15) is 0 Å². The van der Waals surface area contributed by atoms with Gasteiger partial charge < -0.3 is 9.73 Å². The Morgan fingerprint density at radius 1 is 1.21 bits per heavy atom. The third kappa shape index (κ3) is 3.61. The Morgan fingerprint density at radius 2 is 2.00 bits per heavy atom. The lowest BCUT2D eigenvalue weighted by molar-refractivity contribution is -0.122. The summed E-state index contributed by atoms with van der Waals surface area (Å²) in [5.41, 5.74) is 0.661. The van der Waals surface area contributed by atoms with Gasteiger partial charge in [0, 0.05) is 11.8 Å². The third-order valence-electron chi connectivity index (χ3n) is 3.27. The molecule has 124 valence electrons. The normalized spacial score (nSPS) is 16.3. The zero-order valence-corrected chi connectivity index (χ0v) is 14.8. The van der Waals surface area contributed by atoms with Crippen molar-refractivity contribution in [2.75, 3.05) is 12.0 Å². The first-order valence-electron chi connectivity index (χ1n) is 6.95. The number of amides is 2. The molecule has 1 aromatic carbocycles. The fourth-order valence-corrected chi connectivity index (χ4v) is 3.19. The molecule has 0 unspecified atom stereocenters. The van der Waals surface area contributed by atoms with E-state index in [-0.39, 0.29) is 17.8 Å². The highest BCUT2D eigenvalue weighted by Crippen LogP contribution is 2.32. The van der Waals surface area contributed by atoms with Crippen LogP contribution in [0.1, 0.15) is 11.5 Å². The predicted molar refractivity (Wildman–Crippen MR) is 96.2 cm³/mol. The van der Waals surface area contributed by atoms with Crippen LogP contribution in [0.4, 0.5) is 10.5 Å². The van der Waals surface area contributed by atoms with E-state index in [1.54, 1.807) is 36.4 Å². The van der Waals surface area contributed by atoms with Crippen LogP contribution in [0.3, 0.4) is 0 Å². The first-order valence-corrected chi connectivity index (χ1v) is 8.52. The maximum absolute atomic E-state index is 12.4. The molecule has 3 rings (SSSR count). The second kappa shape index (κ2) is 6.93. The van der Waals surface area contributed by atoms with Gasteiger partial charge >= 0.3 is 0 Å². The number of halogens is 2. The number of carbonyl (C=O) groups excluding carboxylic acids is 2. The summed E-state index contributed by atoms with van der Waals surface area (Å²) in [7, 11) is 0. The van der Waals surface area contributed by atoms with Crippen molar-refractivity contribution < 1.29 is 14.0 Å². The molecule has 0 atom stereocenters. The molecule has 2 aromatic rings. The minimum absolute atomic E-state index is 0.0388. The van der Waals surface area contributed by atoms with Crippen LogP contribution in [-0.4, -0.2) is 22.7 Å². The van der Waals surface area contributed by atoms with Gasteiger partial charge in [-0.25, -0.2) is 0 Å². The van der Waals surface area contributed by atoms with Crippen molar-refractivity contribution >= 4 is 57.9 Å². The Morgan fingerprint density at radius 3 is 2.67 bits per heavy atom. The van der Waals surface area contributed by atoms with Crippen LogP contribution < -0.4 is 5.32 Å². The molecule has 1 N–H and O–H groups in total. The molecule has 2 heterocycles. The number of hydrogen-bond donors (Lipinski definition) is 1. The molecule has 0 saturated carbocycles. The highest BCUT2D eigenvalue weighted by Gasteiger charge is 2.35. The highest BCUT2D eigenvalue weighted by atomic mass is 35.5. The zero-order chi connectivity index (χ0) is 17.3. The van der Waals surface area contributed by atoms with Crippen LogP contribution in [0.15, 0.2) is 39.7 Å². The Bertz CT molecular complexity index is 848. The SMILES string of the molecule is Cc1ccc(/C=C2/SC(=O)N(CNc3ccc(Cl)c(Cl)c3)C2=O)o1. The highest BCUT2D eigenvalue weighted by molar-refractivity contribution is 8.18. The maximum Gasteiger partial charge on any atom is 0.295 e. The van der Waals surface area contributed by atoms with Gasteiger partial charge in [0.1, 0.15) is 11.5 Å². The number of carbonyl (C=O) groups is 2. The molecule has 0 radical (unpaired) electrons. The topological polar surface area (TPSA) is 62.6 Å². The molecule has 2 amide bonds. The van der Waals surface area contributed by atoms with E-state index < -0.39 is 0 Å². The van der Waals surface area contributed by atoms with Crippen molar-refractivity contribution in [1.82, 2.24) is 4.90 Å². The minimum atomic E-state index is -0.369. The van der Waals surface area contributed by atoms with Crippen molar-refractivity contribution in [1.29, 1.82) is 0 Å². The molecule has 1 aromatic heterocycles. The molecule has 5 nitrogen and oxygen atoms in total. The fourth-order valence-electron chi connectivity index (χ4n) is 2.07. The first-order chi connectivity index (χ1) is 11.4. The molecule has 8 heteroatoms. The number of hydrogen-bond acceptors (Lipinski definition) is 5. The van der Waals surface area contributed by atoms with Gasteiger partial charge in [-0.15, -0.1) is 0 Å². The number of rotatable bonds is 4. The molecule has 0 spiro atoms. The number of aryl methyl sites for hydroxylation is 1. The lowest BCUT2D eigenvalue weighted by atomic mass is 10.3. The molecule has 0 aliphatic carbocycles. The van der Waals surface area contributed by atoms with E-state index in [4.69, 9.17) is 27.6 Å². The Kier molecular flexibility index (Phi) is 4.89. The van der Waals surface area contributed by atoms with E-state index in [0.717, 1.165) is 22.4 Å². The van der Waals surface area contributed by atoms with E-state index in [1.807, 2.05) is 6.92 Å². The van der Waals surface area contributed by atoms with Gasteiger partial charge in [0.25, 0.3) is 11.1 Å². The van der Waals surface area contributed by atoms with Gasteiger partial charge in [0.15, 0.2) is 0 Å². The summed E-state index contributed by atoms with van der Waals surface area (Å²) >= 11 is 12.7. The number of nitrogens with zero attached hydrogens (tertiary/aromatic N) is 1. The lowest BCUT2D eigenvalue weighted by Gasteiger charge is -2.14. The van der Waals surface area contributed by atoms with Crippen LogP contribution in [0.2, 0.25) is 10.0 Å². The van der Waals surface area contributed by atoms with Crippen LogP contribution in [0, 0.1) is 6.92 Å². The minimum Gasteiger partial charge on any atom is -0.462 e. The summed E-state index contributed by atoms with van der Waals surface area (Å²) in [6.45, 7) is 1.85. The number of furan rings is 1. The Hall–Kier alpha value is -1.89. The summed E-state index contributed by atoms with van der Waals surface area (Å²) in [6, 6.07) is 8.53. The molecule has 1 fully saturated rings. The fraction of sp³-hybridized carbons (Fsp3) is 0.125. The van der Waals surface area contributed by atoms with Crippen molar-refractivity contribution in [3.8, 4) is 0 Å². The van der Waals surface area contributed by atoms with Crippen molar-refractivity contribution in [3.63, 3.8) is 0 Å². The van der Waals surface area contributed by atoms with Gasteiger partial charge in [0.2, 0.25) is 0 Å². The number of anilines is 1. The van der Waals surface area contributed by atoms with Crippen LogP contribution >= 0.6 is 35.0 Å². The largest absolute Gasteiger partial charge is 0.462 e. The number of imide groups is 1. The second-order valence-corrected chi connectivity index (χ2v) is 6.83.